The predicted octanol–water partition coefficient (Wildman–Crippen LogP) is 3.14. The van der Waals surface area contributed by atoms with Crippen LogP contribution in [0.3, 0.4) is 0 Å². The average molecular weight is 309 g/mol. The molecule has 120 valence electrons. The Kier molecular flexibility index (Phi) is 4.57. The second-order valence-electron chi connectivity index (χ2n) is 6.07. The molecule has 1 N–H and O–H groups in total. The molecule has 5 heteroatoms. The molecule has 2 heterocycles. The van der Waals surface area contributed by atoms with E-state index in [0.717, 1.165) is 24.4 Å². The second kappa shape index (κ2) is 6.79. The number of nitrogens with zero attached hydrogens (tertiary/aromatic N) is 4. The fraction of sp³-hybridized carbons (Fsp3) is 0.333. The number of H-pyrrole nitrogens is 1. The first-order valence-electron chi connectivity index (χ1n) is 7.90. The fourth-order valence-corrected chi connectivity index (χ4v) is 2.65. The van der Waals surface area contributed by atoms with Gasteiger partial charge in [0, 0.05) is 36.7 Å². The maximum Gasteiger partial charge on any atom is 0.139 e. The van der Waals surface area contributed by atoms with Crippen LogP contribution >= 0.6 is 0 Å². The van der Waals surface area contributed by atoms with E-state index in [-0.39, 0.29) is 0 Å². The standard InChI is InChI=1S/C18H23N5/c1-14(22(2)3)16-5-4-6-17(11-16)18-19-8-10-23(18)9-7-15-12-20-21-13-15/h4-6,8,10-14H,7,9H2,1-3H3,(H,20,21)/t14-/m0/s1. The van der Waals surface area contributed by atoms with Crippen molar-refractivity contribution in [2.75, 3.05) is 14.1 Å². The van der Waals surface area contributed by atoms with Crippen molar-refractivity contribution in [3.05, 3.63) is 60.2 Å². The molecule has 0 bridgehead atoms. The monoisotopic (exact) mass is 309 g/mol. The molecule has 0 aliphatic rings. The third-order valence-electron chi connectivity index (χ3n) is 4.31. The minimum absolute atomic E-state index is 0.379. The molecule has 0 amide bonds. The first-order chi connectivity index (χ1) is 11.1. The summed E-state index contributed by atoms with van der Waals surface area (Å²) < 4.78 is 2.20. The topological polar surface area (TPSA) is 49.7 Å². The van der Waals surface area contributed by atoms with Crippen molar-refractivity contribution in [1.29, 1.82) is 0 Å². The normalized spacial score (nSPS) is 12.7. The molecular formula is C18H23N5. The molecule has 0 saturated heterocycles. The average Bonchev–Trinajstić information content (AvgIpc) is 3.23. The minimum atomic E-state index is 0.379. The van der Waals surface area contributed by atoms with Crippen LogP contribution in [-0.4, -0.2) is 38.7 Å². The van der Waals surface area contributed by atoms with Crippen LogP contribution in [0.4, 0.5) is 0 Å². The third kappa shape index (κ3) is 3.51. The van der Waals surface area contributed by atoms with Crippen LogP contribution in [0.15, 0.2) is 49.1 Å². The Bertz CT molecular complexity index is 742. The van der Waals surface area contributed by atoms with E-state index in [2.05, 4.69) is 69.9 Å². The predicted molar refractivity (Wildman–Crippen MR) is 92.1 cm³/mol. The van der Waals surface area contributed by atoms with E-state index >= 15 is 0 Å². The summed E-state index contributed by atoms with van der Waals surface area (Å²) in [5, 5.41) is 6.85. The molecule has 1 atom stereocenters. The van der Waals surface area contributed by atoms with Crippen molar-refractivity contribution in [3.8, 4) is 11.4 Å². The zero-order valence-corrected chi connectivity index (χ0v) is 13.9. The molecule has 5 nitrogen and oxygen atoms in total. The van der Waals surface area contributed by atoms with Crippen LogP contribution in [0, 0.1) is 0 Å². The number of imidazole rings is 1. The Labute approximate surface area is 137 Å². The number of hydrogen-bond donors (Lipinski definition) is 1. The van der Waals surface area contributed by atoms with E-state index in [1.54, 1.807) is 0 Å². The Morgan fingerprint density at radius 1 is 1.30 bits per heavy atom. The number of nitrogens with one attached hydrogen (secondary N) is 1. The Balaban J connectivity index is 1.82. The molecule has 0 spiro atoms. The molecule has 0 unspecified atom stereocenters. The van der Waals surface area contributed by atoms with Gasteiger partial charge in [-0.2, -0.15) is 5.10 Å². The molecule has 0 saturated carbocycles. The second-order valence-corrected chi connectivity index (χ2v) is 6.07. The van der Waals surface area contributed by atoms with Gasteiger partial charge in [-0.1, -0.05) is 18.2 Å². The van der Waals surface area contributed by atoms with E-state index < -0.39 is 0 Å². The first kappa shape index (κ1) is 15.5. The molecule has 0 aliphatic heterocycles. The van der Waals surface area contributed by atoms with Gasteiger partial charge in [-0.05, 0) is 44.6 Å². The number of rotatable bonds is 6. The van der Waals surface area contributed by atoms with E-state index in [0.29, 0.717) is 6.04 Å². The number of hydrogen-bond acceptors (Lipinski definition) is 3. The lowest BCUT2D eigenvalue weighted by molar-refractivity contribution is 0.321. The van der Waals surface area contributed by atoms with Crippen molar-refractivity contribution >= 4 is 0 Å². The van der Waals surface area contributed by atoms with Crippen molar-refractivity contribution in [2.45, 2.75) is 25.9 Å². The van der Waals surface area contributed by atoms with Gasteiger partial charge in [0.05, 0.1) is 6.20 Å². The maximum absolute atomic E-state index is 4.56. The van der Waals surface area contributed by atoms with Crippen LogP contribution in [0.1, 0.15) is 24.1 Å². The van der Waals surface area contributed by atoms with Gasteiger partial charge in [0.1, 0.15) is 5.82 Å². The molecule has 1 aromatic carbocycles. The van der Waals surface area contributed by atoms with E-state index in [4.69, 9.17) is 0 Å². The highest BCUT2D eigenvalue weighted by atomic mass is 15.1. The zero-order valence-electron chi connectivity index (χ0n) is 13.9. The molecule has 0 fully saturated rings. The lowest BCUT2D eigenvalue weighted by atomic mass is 10.0. The van der Waals surface area contributed by atoms with Crippen molar-refractivity contribution in [3.63, 3.8) is 0 Å². The Morgan fingerprint density at radius 3 is 2.91 bits per heavy atom. The number of benzene rings is 1. The number of aryl methyl sites for hydroxylation is 2. The number of aromatic nitrogens is 4. The van der Waals surface area contributed by atoms with E-state index in [1.807, 2.05) is 24.8 Å². The highest BCUT2D eigenvalue weighted by molar-refractivity contribution is 5.57. The van der Waals surface area contributed by atoms with Gasteiger partial charge in [-0.3, -0.25) is 5.10 Å². The molecule has 23 heavy (non-hydrogen) atoms. The molecule has 3 rings (SSSR count). The van der Waals surface area contributed by atoms with Crippen molar-refractivity contribution in [1.82, 2.24) is 24.6 Å². The summed E-state index contributed by atoms with van der Waals surface area (Å²) in [6.07, 6.45) is 8.66. The third-order valence-corrected chi connectivity index (χ3v) is 4.31. The zero-order chi connectivity index (χ0) is 16.2. The van der Waals surface area contributed by atoms with Crippen LogP contribution in [0.2, 0.25) is 0 Å². The number of aromatic amines is 1. The van der Waals surface area contributed by atoms with Gasteiger partial charge in [-0.15, -0.1) is 0 Å². The van der Waals surface area contributed by atoms with Gasteiger partial charge in [-0.25, -0.2) is 4.98 Å². The molecule has 2 aromatic heterocycles. The molecular weight excluding hydrogens is 286 g/mol. The summed E-state index contributed by atoms with van der Waals surface area (Å²) in [5.41, 5.74) is 3.67. The maximum atomic E-state index is 4.56. The summed E-state index contributed by atoms with van der Waals surface area (Å²) in [7, 11) is 4.20. The smallest absolute Gasteiger partial charge is 0.139 e. The summed E-state index contributed by atoms with van der Waals surface area (Å²) in [6, 6.07) is 9.03. The minimum Gasteiger partial charge on any atom is -0.331 e. The van der Waals surface area contributed by atoms with Crippen LogP contribution < -0.4 is 0 Å². The summed E-state index contributed by atoms with van der Waals surface area (Å²) in [4.78, 5) is 6.77. The molecule has 0 radical (unpaired) electrons. The van der Waals surface area contributed by atoms with Crippen LogP contribution in [0.5, 0.6) is 0 Å². The largest absolute Gasteiger partial charge is 0.331 e. The first-order valence-corrected chi connectivity index (χ1v) is 7.90. The van der Waals surface area contributed by atoms with Crippen molar-refractivity contribution < 1.29 is 0 Å². The SMILES string of the molecule is C[C@@H](c1cccc(-c2nccn2CCc2cn[nH]c2)c1)N(C)C. The fourth-order valence-electron chi connectivity index (χ4n) is 2.65. The lowest BCUT2D eigenvalue weighted by Gasteiger charge is -2.20. The lowest BCUT2D eigenvalue weighted by Crippen LogP contribution is -2.16. The molecule has 3 aromatic rings. The summed E-state index contributed by atoms with van der Waals surface area (Å²) in [6.45, 7) is 3.10. The van der Waals surface area contributed by atoms with Gasteiger partial charge >= 0.3 is 0 Å². The van der Waals surface area contributed by atoms with E-state index in [9.17, 15) is 0 Å². The Morgan fingerprint density at radius 2 is 2.17 bits per heavy atom. The van der Waals surface area contributed by atoms with Crippen LogP contribution in [0.25, 0.3) is 11.4 Å². The Hall–Kier alpha value is -2.40. The summed E-state index contributed by atoms with van der Waals surface area (Å²) >= 11 is 0. The van der Waals surface area contributed by atoms with Gasteiger partial charge in [0.2, 0.25) is 0 Å². The van der Waals surface area contributed by atoms with Gasteiger partial charge in [0.25, 0.3) is 0 Å². The van der Waals surface area contributed by atoms with Crippen molar-refractivity contribution in [2.24, 2.45) is 0 Å². The van der Waals surface area contributed by atoms with Crippen LogP contribution in [-0.2, 0) is 13.0 Å². The van der Waals surface area contributed by atoms with E-state index in [1.165, 1.54) is 11.1 Å². The highest BCUT2D eigenvalue weighted by Gasteiger charge is 2.11. The van der Waals surface area contributed by atoms with Gasteiger partial charge < -0.3 is 9.47 Å². The van der Waals surface area contributed by atoms with Gasteiger partial charge in [0.15, 0.2) is 0 Å². The molecule has 0 aliphatic carbocycles. The highest BCUT2D eigenvalue weighted by Crippen LogP contribution is 2.24. The summed E-state index contributed by atoms with van der Waals surface area (Å²) in [5.74, 6) is 1.02. The quantitative estimate of drug-likeness (QED) is 0.761.